The Morgan fingerprint density at radius 3 is 2.58 bits per heavy atom. The second-order valence-corrected chi connectivity index (χ2v) is 8.40. The number of hydrogen-bond acceptors (Lipinski definition) is 2. The maximum Gasteiger partial charge on any atom is 0.104 e. The fourth-order valence-electron chi connectivity index (χ4n) is 3.04. The molecule has 0 amide bonds. The Morgan fingerprint density at radius 2 is 1.79 bits per heavy atom. The molecular weight excluding hydrogens is 256 g/mol. The average molecular weight is 284 g/mol. The van der Waals surface area contributed by atoms with Crippen molar-refractivity contribution in [2.45, 2.75) is 75.9 Å². The number of allylic oxidation sites excluding steroid dienone is 1. The van der Waals surface area contributed by atoms with E-state index >= 15 is 0 Å². The van der Waals surface area contributed by atoms with Crippen molar-refractivity contribution in [1.29, 1.82) is 0 Å². The smallest absolute Gasteiger partial charge is 0.104 e. The molecule has 2 fully saturated rings. The van der Waals surface area contributed by atoms with Crippen LogP contribution in [0.4, 0.5) is 0 Å². The Labute approximate surface area is 120 Å². The van der Waals surface area contributed by atoms with Gasteiger partial charge in [-0.15, -0.1) is 0 Å². The van der Waals surface area contributed by atoms with Crippen molar-refractivity contribution < 1.29 is 8.95 Å². The van der Waals surface area contributed by atoms with Gasteiger partial charge in [0.25, 0.3) is 0 Å². The molecule has 2 rings (SSSR count). The Kier molecular flexibility index (Phi) is 5.93. The second-order valence-electron chi connectivity index (χ2n) is 6.31. The molecule has 0 bridgehead atoms. The van der Waals surface area contributed by atoms with Gasteiger partial charge in [-0.3, -0.25) is 4.21 Å². The van der Waals surface area contributed by atoms with Crippen molar-refractivity contribution in [3.8, 4) is 0 Å². The minimum atomic E-state index is -0.733. The van der Waals surface area contributed by atoms with Crippen LogP contribution in [0.25, 0.3) is 0 Å². The Hall–Kier alpha value is -0.310. The molecule has 1 heterocycles. The van der Waals surface area contributed by atoms with E-state index in [9.17, 15) is 4.21 Å². The van der Waals surface area contributed by atoms with Gasteiger partial charge in [0.1, 0.15) is 6.61 Å². The molecule has 0 aromatic rings. The van der Waals surface area contributed by atoms with Gasteiger partial charge < -0.3 is 4.74 Å². The first-order chi connectivity index (χ1) is 9.21. The van der Waals surface area contributed by atoms with Gasteiger partial charge in [0.2, 0.25) is 0 Å². The molecule has 0 aromatic carbocycles. The lowest BCUT2D eigenvalue weighted by molar-refractivity contribution is 0.204. The number of rotatable bonds is 3. The zero-order valence-corrected chi connectivity index (χ0v) is 13.1. The summed E-state index contributed by atoms with van der Waals surface area (Å²) in [7, 11) is -0.733. The number of ether oxygens (including phenoxy) is 1. The van der Waals surface area contributed by atoms with Crippen LogP contribution in [-0.4, -0.2) is 21.3 Å². The van der Waals surface area contributed by atoms with Gasteiger partial charge in [-0.05, 0) is 51.0 Å². The van der Waals surface area contributed by atoms with Crippen LogP contribution in [0.15, 0.2) is 11.8 Å². The summed E-state index contributed by atoms with van der Waals surface area (Å²) in [5.74, 6) is 0.858. The third kappa shape index (κ3) is 4.62. The molecule has 19 heavy (non-hydrogen) atoms. The summed E-state index contributed by atoms with van der Waals surface area (Å²) in [6, 6.07) is 0. The van der Waals surface area contributed by atoms with E-state index in [1.54, 1.807) is 0 Å². The molecule has 0 spiro atoms. The molecule has 1 saturated carbocycles. The SMILES string of the molecule is CC1(COC=C2CCCCC2)CCCCCCS1=O. The van der Waals surface area contributed by atoms with Gasteiger partial charge >= 0.3 is 0 Å². The summed E-state index contributed by atoms with van der Waals surface area (Å²) in [5, 5.41) is 0. The van der Waals surface area contributed by atoms with Crippen LogP contribution >= 0.6 is 0 Å². The minimum Gasteiger partial charge on any atom is -0.500 e. The first-order valence-electron chi connectivity index (χ1n) is 7.89. The molecule has 0 N–H and O–H groups in total. The van der Waals surface area contributed by atoms with Crippen LogP contribution < -0.4 is 0 Å². The zero-order valence-electron chi connectivity index (χ0n) is 12.3. The lowest BCUT2D eigenvalue weighted by Gasteiger charge is -2.30. The van der Waals surface area contributed by atoms with Crippen LogP contribution in [0.2, 0.25) is 0 Å². The minimum absolute atomic E-state index is 0.133. The maximum absolute atomic E-state index is 12.4. The summed E-state index contributed by atoms with van der Waals surface area (Å²) in [5.41, 5.74) is 1.45. The van der Waals surface area contributed by atoms with Gasteiger partial charge in [-0.1, -0.05) is 25.7 Å². The molecule has 0 aromatic heterocycles. The van der Waals surface area contributed by atoms with Crippen molar-refractivity contribution in [3.63, 3.8) is 0 Å². The van der Waals surface area contributed by atoms with Crippen molar-refractivity contribution in [1.82, 2.24) is 0 Å². The van der Waals surface area contributed by atoms with Crippen molar-refractivity contribution in [2.24, 2.45) is 0 Å². The highest BCUT2D eigenvalue weighted by atomic mass is 32.2. The van der Waals surface area contributed by atoms with E-state index in [1.165, 1.54) is 56.9 Å². The first-order valence-corrected chi connectivity index (χ1v) is 9.21. The van der Waals surface area contributed by atoms with Gasteiger partial charge in [-0.25, -0.2) is 0 Å². The predicted octanol–water partition coefficient (Wildman–Crippen LogP) is 4.32. The molecule has 2 aliphatic rings. The Balaban J connectivity index is 1.85. The summed E-state index contributed by atoms with van der Waals surface area (Å²) in [4.78, 5) is 0. The zero-order chi connectivity index (χ0) is 13.6. The van der Waals surface area contributed by atoms with Crippen LogP contribution in [-0.2, 0) is 15.5 Å². The third-order valence-corrected chi connectivity index (χ3v) is 6.55. The molecule has 2 nitrogen and oxygen atoms in total. The Morgan fingerprint density at radius 1 is 1.11 bits per heavy atom. The van der Waals surface area contributed by atoms with Gasteiger partial charge in [-0.2, -0.15) is 0 Å². The topological polar surface area (TPSA) is 26.3 Å². The molecule has 110 valence electrons. The highest BCUT2D eigenvalue weighted by Crippen LogP contribution is 2.28. The lowest BCUT2D eigenvalue weighted by Crippen LogP contribution is -2.38. The van der Waals surface area contributed by atoms with E-state index < -0.39 is 10.8 Å². The molecule has 1 saturated heterocycles. The van der Waals surface area contributed by atoms with Crippen LogP contribution in [0, 0.1) is 0 Å². The van der Waals surface area contributed by atoms with E-state index in [2.05, 4.69) is 6.92 Å². The van der Waals surface area contributed by atoms with E-state index in [1.807, 2.05) is 6.26 Å². The summed E-state index contributed by atoms with van der Waals surface area (Å²) in [6.07, 6.45) is 14.2. The first kappa shape index (κ1) is 15.1. The number of hydrogen-bond donors (Lipinski definition) is 0. The summed E-state index contributed by atoms with van der Waals surface area (Å²) in [6.45, 7) is 2.77. The molecule has 1 aliphatic carbocycles. The highest BCUT2D eigenvalue weighted by molar-refractivity contribution is 7.86. The van der Waals surface area contributed by atoms with Gasteiger partial charge in [0, 0.05) is 16.6 Å². The Bertz CT molecular complexity index is 330. The normalized spacial score (nSPS) is 33.3. The lowest BCUT2D eigenvalue weighted by atomic mass is 9.96. The molecule has 0 radical (unpaired) electrons. The summed E-state index contributed by atoms with van der Waals surface area (Å²) >= 11 is 0. The summed E-state index contributed by atoms with van der Waals surface area (Å²) < 4.78 is 18.1. The predicted molar refractivity (Wildman–Crippen MR) is 81.6 cm³/mol. The van der Waals surface area contributed by atoms with Crippen LogP contribution in [0.3, 0.4) is 0 Å². The standard InChI is InChI=1S/C16H28O2S/c1-16(11-7-2-3-8-12-19(16)17)14-18-13-15-9-5-4-6-10-15/h13H,2-12,14H2,1H3. The monoisotopic (exact) mass is 284 g/mol. The van der Waals surface area contributed by atoms with Crippen LogP contribution in [0.1, 0.15) is 71.1 Å². The van der Waals surface area contributed by atoms with Gasteiger partial charge in [0.15, 0.2) is 0 Å². The third-order valence-electron chi connectivity index (χ3n) is 4.47. The molecule has 2 unspecified atom stereocenters. The maximum atomic E-state index is 12.4. The van der Waals surface area contributed by atoms with Crippen LogP contribution in [0.5, 0.6) is 0 Å². The quantitative estimate of drug-likeness (QED) is 0.721. The van der Waals surface area contributed by atoms with E-state index in [0.717, 1.165) is 18.6 Å². The fraction of sp³-hybridized carbons (Fsp3) is 0.875. The molecular formula is C16H28O2S. The van der Waals surface area contributed by atoms with Crippen molar-refractivity contribution in [2.75, 3.05) is 12.4 Å². The second kappa shape index (κ2) is 7.47. The van der Waals surface area contributed by atoms with Gasteiger partial charge in [0.05, 0.1) is 11.0 Å². The molecule has 1 aliphatic heterocycles. The molecule has 3 heteroatoms. The van der Waals surface area contributed by atoms with Crippen molar-refractivity contribution in [3.05, 3.63) is 11.8 Å². The van der Waals surface area contributed by atoms with Crippen molar-refractivity contribution >= 4 is 10.8 Å². The van der Waals surface area contributed by atoms with E-state index in [-0.39, 0.29) is 4.75 Å². The van der Waals surface area contributed by atoms with E-state index in [4.69, 9.17) is 4.74 Å². The molecule has 2 atom stereocenters. The fourth-order valence-corrected chi connectivity index (χ4v) is 4.57. The largest absolute Gasteiger partial charge is 0.500 e. The van der Waals surface area contributed by atoms with E-state index in [0.29, 0.717) is 6.61 Å². The average Bonchev–Trinajstić information content (AvgIpc) is 2.42. The highest BCUT2D eigenvalue weighted by Gasteiger charge is 2.32.